The Kier molecular flexibility index (Phi) is 6.36. The second-order valence-corrected chi connectivity index (χ2v) is 6.97. The zero-order valence-electron chi connectivity index (χ0n) is 15.3. The highest BCUT2D eigenvalue weighted by Gasteiger charge is 2.18. The van der Waals surface area contributed by atoms with Gasteiger partial charge in [-0.25, -0.2) is 4.98 Å². The maximum Gasteiger partial charge on any atom is 0.133 e. The SMILES string of the molecule is CC(C)CN(Cc1ccccn1)Cc1cccnc1N1CCOCC1. The molecule has 1 saturated heterocycles. The topological polar surface area (TPSA) is 41.5 Å². The molecule has 1 aliphatic rings. The molecular formula is C20H28N4O. The minimum absolute atomic E-state index is 0.604. The van der Waals surface area contributed by atoms with Crippen LogP contribution in [0, 0.1) is 5.92 Å². The molecule has 25 heavy (non-hydrogen) atoms. The Hall–Kier alpha value is -1.98. The molecule has 0 saturated carbocycles. The van der Waals surface area contributed by atoms with Gasteiger partial charge in [0.15, 0.2) is 0 Å². The van der Waals surface area contributed by atoms with Gasteiger partial charge >= 0.3 is 0 Å². The Morgan fingerprint density at radius 3 is 2.56 bits per heavy atom. The standard InChI is InChI=1S/C20H28N4O/c1-17(2)14-23(16-19-7-3-4-8-21-19)15-18-6-5-9-22-20(18)24-10-12-25-13-11-24/h3-9,17H,10-16H2,1-2H3. The lowest BCUT2D eigenvalue weighted by Gasteiger charge is -2.31. The predicted octanol–water partition coefficient (Wildman–Crippen LogP) is 2.97. The van der Waals surface area contributed by atoms with Gasteiger partial charge in [0.1, 0.15) is 5.82 Å². The Morgan fingerprint density at radius 2 is 1.84 bits per heavy atom. The number of aromatic nitrogens is 2. The first-order valence-corrected chi connectivity index (χ1v) is 9.11. The van der Waals surface area contributed by atoms with Crippen molar-refractivity contribution in [2.75, 3.05) is 37.7 Å². The lowest BCUT2D eigenvalue weighted by molar-refractivity contribution is 0.122. The number of anilines is 1. The average molecular weight is 340 g/mol. The van der Waals surface area contributed by atoms with Crippen LogP contribution in [0.1, 0.15) is 25.1 Å². The molecule has 3 heterocycles. The molecule has 1 fully saturated rings. The minimum Gasteiger partial charge on any atom is -0.378 e. The van der Waals surface area contributed by atoms with E-state index in [0.29, 0.717) is 5.92 Å². The minimum atomic E-state index is 0.604. The highest BCUT2D eigenvalue weighted by molar-refractivity contribution is 5.47. The molecule has 0 spiro atoms. The summed E-state index contributed by atoms with van der Waals surface area (Å²) in [4.78, 5) is 14.0. The van der Waals surface area contributed by atoms with Crippen molar-refractivity contribution in [2.45, 2.75) is 26.9 Å². The lowest BCUT2D eigenvalue weighted by Crippen LogP contribution is -2.38. The number of ether oxygens (including phenoxy) is 1. The molecule has 0 aromatic carbocycles. The maximum absolute atomic E-state index is 5.49. The van der Waals surface area contributed by atoms with Crippen LogP contribution in [0.5, 0.6) is 0 Å². The summed E-state index contributed by atoms with van der Waals surface area (Å²) in [6.07, 6.45) is 3.76. The van der Waals surface area contributed by atoms with Gasteiger partial charge in [-0.05, 0) is 24.1 Å². The van der Waals surface area contributed by atoms with E-state index in [2.05, 4.69) is 51.8 Å². The van der Waals surface area contributed by atoms with E-state index in [1.165, 1.54) is 5.56 Å². The lowest BCUT2D eigenvalue weighted by atomic mass is 10.1. The van der Waals surface area contributed by atoms with Gasteiger partial charge in [0.05, 0.1) is 18.9 Å². The summed E-state index contributed by atoms with van der Waals surface area (Å²) >= 11 is 0. The van der Waals surface area contributed by atoms with Crippen molar-refractivity contribution in [3.63, 3.8) is 0 Å². The van der Waals surface area contributed by atoms with Gasteiger partial charge in [-0.1, -0.05) is 26.0 Å². The van der Waals surface area contributed by atoms with Crippen LogP contribution in [0.3, 0.4) is 0 Å². The smallest absolute Gasteiger partial charge is 0.133 e. The third-order valence-corrected chi connectivity index (χ3v) is 4.31. The summed E-state index contributed by atoms with van der Waals surface area (Å²) in [5.41, 5.74) is 2.39. The maximum atomic E-state index is 5.49. The molecule has 3 rings (SSSR count). The highest BCUT2D eigenvalue weighted by atomic mass is 16.5. The number of hydrogen-bond acceptors (Lipinski definition) is 5. The van der Waals surface area contributed by atoms with Gasteiger partial charge in [0, 0.05) is 50.7 Å². The van der Waals surface area contributed by atoms with Crippen LogP contribution >= 0.6 is 0 Å². The van der Waals surface area contributed by atoms with Crippen molar-refractivity contribution in [3.05, 3.63) is 54.0 Å². The van der Waals surface area contributed by atoms with E-state index >= 15 is 0 Å². The molecular weight excluding hydrogens is 312 g/mol. The van der Waals surface area contributed by atoms with Gasteiger partial charge < -0.3 is 9.64 Å². The van der Waals surface area contributed by atoms with E-state index in [9.17, 15) is 0 Å². The fourth-order valence-electron chi connectivity index (χ4n) is 3.28. The molecule has 5 heteroatoms. The van der Waals surface area contributed by atoms with Gasteiger partial charge in [0.25, 0.3) is 0 Å². The van der Waals surface area contributed by atoms with E-state index in [1.54, 1.807) is 0 Å². The molecule has 134 valence electrons. The molecule has 0 bridgehead atoms. The van der Waals surface area contributed by atoms with Crippen LogP contribution in [0.2, 0.25) is 0 Å². The number of nitrogens with zero attached hydrogens (tertiary/aromatic N) is 4. The van der Waals surface area contributed by atoms with Crippen LogP contribution in [0.15, 0.2) is 42.7 Å². The van der Waals surface area contributed by atoms with Crippen molar-refractivity contribution in [1.29, 1.82) is 0 Å². The summed E-state index contributed by atoms with van der Waals surface area (Å²) in [6.45, 7) is 10.7. The second-order valence-electron chi connectivity index (χ2n) is 6.97. The summed E-state index contributed by atoms with van der Waals surface area (Å²) in [5, 5.41) is 0. The first-order valence-electron chi connectivity index (χ1n) is 9.11. The molecule has 0 unspecified atom stereocenters. The molecule has 5 nitrogen and oxygen atoms in total. The van der Waals surface area contributed by atoms with Crippen molar-refractivity contribution in [1.82, 2.24) is 14.9 Å². The normalized spacial score (nSPS) is 15.1. The summed E-state index contributed by atoms with van der Waals surface area (Å²) < 4.78 is 5.49. The fraction of sp³-hybridized carbons (Fsp3) is 0.500. The van der Waals surface area contributed by atoms with Gasteiger partial charge in [-0.15, -0.1) is 0 Å². The molecule has 1 aliphatic heterocycles. The van der Waals surface area contributed by atoms with Crippen molar-refractivity contribution in [3.8, 4) is 0 Å². The van der Waals surface area contributed by atoms with E-state index < -0.39 is 0 Å². The zero-order valence-corrected chi connectivity index (χ0v) is 15.3. The quantitative estimate of drug-likeness (QED) is 0.775. The van der Waals surface area contributed by atoms with Crippen LogP contribution in [-0.4, -0.2) is 47.7 Å². The summed E-state index contributed by atoms with van der Waals surface area (Å²) in [7, 11) is 0. The van der Waals surface area contributed by atoms with Crippen LogP contribution in [-0.2, 0) is 17.8 Å². The Morgan fingerprint density at radius 1 is 1.04 bits per heavy atom. The fourth-order valence-corrected chi connectivity index (χ4v) is 3.28. The first kappa shape index (κ1) is 17.8. The third kappa shape index (κ3) is 5.25. The van der Waals surface area contributed by atoms with E-state index in [1.807, 2.05) is 24.5 Å². The number of morpholine rings is 1. The highest BCUT2D eigenvalue weighted by Crippen LogP contribution is 2.21. The summed E-state index contributed by atoms with van der Waals surface area (Å²) in [6, 6.07) is 10.4. The molecule has 0 N–H and O–H groups in total. The van der Waals surface area contributed by atoms with Crippen molar-refractivity contribution >= 4 is 5.82 Å². The Labute approximate surface area is 150 Å². The Balaban J connectivity index is 1.76. The molecule has 0 aliphatic carbocycles. The summed E-state index contributed by atoms with van der Waals surface area (Å²) in [5.74, 6) is 1.70. The molecule has 0 radical (unpaired) electrons. The average Bonchev–Trinajstić information content (AvgIpc) is 2.63. The van der Waals surface area contributed by atoms with Gasteiger partial charge in [-0.3, -0.25) is 9.88 Å². The van der Waals surface area contributed by atoms with Gasteiger partial charge in [-0.2, -0.15) is 0 Å². The van der Waals surface area contributed by atoms with E-state index in [4.69, 9.17) is 4.74 Å². The molecule has 0 amide bonds. The zero-order chi connectivity index (χ0) is 17.5. The largest absolute Gasteiger partial charge is 0.378 e. The van der Waals surface area contributed by atoms with Crippen molar-refractivity contribution < 1.29 is 4.74 Å². The van der Waals surface area contributed by atoms with Crippen LogP contribution in [0.25, 0.3) is 0 Å². The molecule has 2 aromatic rings. The van der Waals surface area contributed by atoms with Crippen LogP contribution in [0.4, 0.5) is 5.82 Å². The predicted molar refractivity (Wildman–Crippen MR) is 100 cm³/mol. The van der Waals surface area contributed by atoms with Crippen LogP contribution < -0.4 is 4.90 Å². The van der Waals surface area contributed by atoms with E-state index in [0.717, 1.165) is 57.4 Å². The first-order chi connectivity index (χ1) is 12.2. The monoisotopic (exact) mass is 340 g/mol. The number of hydrogen-bond donors (Lipinski definition) is 0. The number of rotatable bonds is 7. The molecule has 0 atom stereocenters. The number of pyridine rings is 2. The Bertz CT molecular complexity index is 641. The van der Waals surface area contributed by atoms with Gasteiger partial charge in [0.2, 0.25) is 0 Å². The van der Waals surface area contributed by atoms with Crippen molar-refractivity contribution in [2.24, 2.45) is 5.92 Å². The third-order valence-electron chi connectivity index (χ3n) is 4.31. The second kappa shape index (κ2) is 8.92. The van der Waals surface area contributed by atoms with E-state index in [-0.39, 0.29) is 0 Å². The molecule has 2 aromatic heterocycles.